The number of sulfonamides is 1. The van der Waals surface area contributed by atoms with E-state index in [1.807, 2.05) is 0 Å². The molecule has 0 aliphatic heterocycles. The summed E-state index contributed by atoms with van der Waals surface area (Å²) < 4.78 is 33.0. The smallest absolute Gasteiger partial charge is 0.243 e. The van der Waals surface area contributed by atoms with E-state index in [2.05, 4.69) is 20.7 Å². The van der Waals surface area contributed by atoms with Crippen molar-refractivity contribution in [3.63, 3.8) is 0 Å². The number of hydrogen-bond acceptors (Lipinski definition) is 3. The molecule has 0 bridgehead atoms. The molecule has 1 saturated carbocycles. The monoisotopic (exact) mass is 415 g/mol. The third-order valence-corrected chi connectivity index (χ3v) is 5.88. The van der Waals surface area contributed by atoms with Crippen molar-refractivity contribution in [2.45, 2.75) is 24.2 Å². The largest absolute Gasteiger partial charge is 0.381 e. The molecule has 4 nitrogen and oxygen atoms in total. The van der Waals surface area contributed by atoms with Crippen molar-refractivity contribution in [2.75, 3.05) is 19.8 Å². The minimum absolute atomic E-state index is 0.0897. The van der Waals surface area contributed by atoms with E-state index in [0.29, 0.717) is 23.4 Å². The summed E-state index contributed by atoms with van der Waals surface area (Å²) in [6, 6.07) is 3.00. The van der Waals surface area contributed by atoms with Crippen LogP contribution in [0.5, 0.6) is 0 Å². The molecular formula is C13H16BrCl2NO3S. The second-order valence-corrected chi connectivity index (χ2v) is 8.40. The van der Waals surface area contributed by atoms with E-state index in [1.54, 1.807) is 0 Å². The van der Waals surface area contributed by atoms with Crippen LogP contribution in [0.2, 0.25) is 10.0 Å². The maximum atomic E-state index is 12.2. The third kappa shape index (κ3) is 5.37. The number of hydrogen-bond donors (Lipinski definition) is 1. The molecule has 1 aromatic carbocycles. The lowest BCUT2D eigenvalue weighted by atomic mass is 10.4. The van der Waals surface area contributed by atoms with Crippen LogP contribution in [-0.4, -0.2) is 28.2 Å². The van der Waals surface area contributed by atoms with Crippen LogP contribution in [-0.2, 0) is 14.8 Å². The van der Waals surface area contributed by atoms with Gasteiger partial charge in [0.05, 0.1) is 10.0 Å². The van der Waals surface area contributed by atoms with Crippen LogP contribution in [0.1, 0.15) is 19.3 Å². The van der Waals surface area contributed by atoms with E-state index in [4.69, 9.17) is 27.9 Å². The minimum atomic E-state index is -3.72. The van der Waals surface area contributed by atoms with Gasteiger partial charge in [0.25, 0.3) is 0 Å². The highest BCUT2D eigenvalue weighted by atomic mass is 79.9. The van der Waals surface area contributed by atoms with E-state index in [1.165, 1.54) is 25.0 Å². The van der Waals surface area contributed by atoms with Crippen LogP contribution in [0.4, 0.5) is 0 Å². The molecule has 2 rings (SSSR count). The van der Waals surface area contributed by atoms with Gasteiger partial charge in [-0.3, -0.25) is 0 Å². The Kier molecular flexibility index (Phi) is 6.35. The number of ether oxygens (including phenoxy) is 1. The van der Waals surface area contributed by atoms with Gasteiger partial charge in [0.2, 0.25) is 10.0 Å². The second-order valence-electron chi connectivity index (χ2n) is 4.97. The topological polar surface area (TPSA) is 55.4 Å². The van der Waals surface area contributed by atoms with Crippen LogP contribution in [0.15, 0.2) is 21.5 Å². The molecule has 1 aromatic rings. The lowest BCUT2D eigenvalue weighted by Gasteiger charge is -2.10. The molecule has 0 unspecified atom stereocenters. The van der Waals surface area contributed by atoms with E-state index in [-0.39, 0.29) is 21.5 Å². The number of rotatable bonds is 8. The summed E-state index contributed by atoms with van der Waals surface area (Å²) in [6.45, 7) is 1.60. The van der Waals surface area contributed by atoms with E-state index in [0.717, 1.165) is 6.61 Å². The average Bonchev–Trinajstić information content (AvgIpc) is 3.15. The molecule has 1 aliphatic carbocycles. The fraction of sp³-hybridized carbons (Fsp3) is 0.538. The third-order valence-electron chi connectivity index (χ3n) is 3.04. The predicted molar refractivity (Wildman–Crippen MR) is 87.5 cm³/mol. The summed E-state index contributed by atoms with van der Waals surface area (Å²) in [7, 11) is -3.72. The maximum absolute atomic E-state index is 12.2. The van der Waals surface area contributed by atoms with Crippen molar-refractivity contribution < 1.29 is 13.2 Å². The lowest BCUT2D eigenvalue weighted by molar-refractivity contribution is 0.123. The van der Waals surface area contributed by atoms with Crippen LogP contribution in [0.25, 0.3) is 0 Å². The van der Waals surface area contributed by atoms with Crippen molar-refractivity contribution in [3.8, 4) is 0 Å². The van der Waals surface area contributed by atoms with Crippen LogP contribution in [0, 0.1) is 5.92 Å². The van der Waals surface area contributed by atoms with Crippen molar-refractivity contribution >= 4 is 49.2 Å². The van der Waals surface area contributed by atoms with Crippen LogP contribution < -0.4 is 4.72 Å². The van der Waals surface area contributed by atoms with Crippen LogP contribution >= 0.6 is 39.1 Å². The first kappa shape index (κ1) is 17.5. The van der Waals surface area contributed by atoms with Crippen molar-refractivity contribution in [1.82, 2.24) is 4.72 Å². The van der Waals surface area contributed by atoms with Gasteiger partial charge in [0.15, 0.2) is 0 Å². The fourth-order valence-electron chi connectivity index (χ4n) is 1.77. The van der Waals surface area contributed by atoms with Crippen LogP contribution in [0.3, 0.4) is 0 Å². The van der Waals surface area contributed by atoms with Gasteiger partial charge in [-0.05, 0) is 37.3 Å². The quantitative estimate of drug-likeness (QED) is 0.654. The SMILES string of the molecule is O=S(=O)(NCCCOCC1CC1)c1c(Cl)cc(Br)cc1Cl. The molecule has 0 radical (unpaired) electrons. The molecule has 0 atom stereocenters. The molecule has 1 fully saturated rings. The zero-order chi connectivity index (χ0) is 15.5. The van der Waals surface area contributed by atoms with Gasteiger partial charge in [0, 0.05) is 24.2 Å². The Hall–Kier alpha value is 0.150. The average molecular weight is 417 g/mol. The Bertz CT molecular complexity index is 582. The second kappa shape index (κ2) is 7.62. The molecule has 118 valence electrons. The van der Waals surface area contributed by atoms with E-state index >= 15 is 0 Å². The highest BCUT2D eigenvalue weighted by Crippen LogP contribution is 2.32. The Morgan fingerprint density at radius 3 is 2.48 bits per heavy atom. The molecule has 1 aliphatic rings. The van der Waals surface area contributed by atoms with Gasteiger partial charge in [-0.25, -0.2) is 13.1 Å². The number of halogens is 3. The normalized spacial score (nSPS) is 15.4. The highest BCUT2D eigenvalue weighted by molar-refractivity contribution is 9.10. The van der Waals surface area contributed by atoms with Gasteiger partial charge < -0.3 is 4.74 Å². The van der Waals surface area contributed by atoms with Gasteiger partial charge in [-0.2, -0.15) is 0 Å². The lowest BCUT2D eigenvalue weighted by Crippen LogP contribution is -2.26. The maximum Gasteiger partial charge on any atom is 0.243 e. The van der Waals surface area contributed by atoms with Gasteiger partial charge in [0.1, 0.15) is 4.90 Å². The zero-order valence-electron chi connectivity index (χ0n) is 11.2. The molecular weight excluding hydrogens is 401 g/mol. The van der Waals surface area contributed by atoms with E-state index < -0.39 is 10.0 Å². The molecule has 0 heterocycles. The van der Waals surface area contributed by atoms with Gasteiger partial charge >= 0.3 is 0 Å². The zero-order valence-corrected chi connectivity index (χ0v) is 15.2. The Balaban J connectivity index is 1.86. The number of benzene rings is 1. The fourth-order valence-corrected chi connectivity index (χ4v) is 4.78. The Morgan fingerprint density at radius 1 is 1.29 bits per heavy atom. The molecule has 0 amide bonds. The standard InChI is InChI=1S/C13H16BrCl2NO3S/c14-10-6-11(15)13(12(16)7-10)21(18,19)17-4-1-5-20-8-9-2-3-9/h6-7,9,17H,1-5,8H2. The summed E-state index contributed by atoms with van der Waals surface area (Å²) in [5, 5.41) is 0.179. The number of nitrogens with one attached hydrogen (secondary N) is 1. The summed E-state index contributed by atoms with van der Waals surface area (Å²) in [4.78, 5) is -0.0899. The first-order valence-electron chi connectivity index (χ1n) is 6.62. The Morgan fingerprint density at radius 2 is 1.90 bits per heavy atom. The first-order chi connectivity index (χ1) is 9.90. The highest BCUT2D eigenvalue weighted by Gasteiger charge is 2.22. The molecule has 21 heavy (non-hydrogen) atoms. The summed E-state index contributed by atoms with van der Waals surface area (Å²) >= 11 is 15.1. The summed E-state index contributed by atoms with van der Waals surface area (Å²) in [5.41, 5.74) is 0. The summed E-state index contributed by atoms with van der Waals surface area (Å²) in [5.74, 6) is 0.710. The molecule has 1 N–H and O–H groups in total. The predicted octanol–water partition coefficient (Wildman–Crippen LogP) is 3.85. The Labute approximate surface area is 143 Å². The minimum Gasteiger partial charge on any atom is -0.381 e. The first-order valence-corrected chi connectivity index (χ1v) is 9.65. The van der Waals surface area contributed by atoms with Gasteiger partial charge in [-0.1, -0.05) is 39.1 Å². The van der Waals surface area contributed by atoms with Crippen molar-refractivity contribution in [2.24, 2.45) is 5.92 Å². The molecule has 0 spiro atoms. The van der Waals surface area contributed by atoms with Crippen molar-refractivity contribution in [3.05, 3.63) is 26.7 Å². The van der Waals surface area contributed by atoms with Crippen molar-refractivity contribution in [1.29, 1.82) is 0 Å². The molecule has 0 aromatic heterocycles. The summed E-state index contributed by atoms with van der Waals surface area (Å²) in [6.07, 6.45) is 3.10. The van der Waals surface area contributed by atoms with Gasteiger partial charge in [-0.15, -0.1) is 0 Å². The molecule has 0 saturated heterocycles. The molecule has 8 heteroatoms. The van der Waals surface area contributed by atoms with E-state index in [9.17, 15) is 8.42 Å².